The Hall–Kier alpha value is -0.850. The van der Waals surface area contributed by atoms with Gasteiger partial charge in [0.1, 0.15) is 6.10 Å². The molecule has 3 saturated heterocycles. The molecule has 0 spiro atoms. The van der Waals surface area contributed by atoms with Gasteiger partial charge >= 0.3 is 0 Å². The molecule has 3 aliphatic rings. The van der Waals surface area contributed by atoms with Crippen LogP contribution in [0, 0.1) is 0 Å². The topological polar surface area (TPSA) is 61.9 Å². The molecule has 2 atom stereocenters. The van der Waals surface area contributed by atoms with E-state index in [1.807, 2.05) is 9.80 Å². The van der Waals surface area contributed by atoms with E-state index < -0.39 is 0 Å². The molecule has 0 aromatic rings. The van der Waals surface area contributed by atoms with Crippen LogP contribution < -0.4 is 5.32 Å². The van der Waals surface area contributed by atoms with E-state index in [2.05, 4.69) is 5.32 Å². The van der Waals surface area contributed by atoms with Crippen LogP contribution in [-0.2, 0) is 14.3 Å². The highest BCUT2D eigenvalue weighted by Crippen LogP contribution is 2.17. The lowest BCUT2D eigenvalue weighted by Crippen LogP contribution is -2.53. The van der Waals surface area contributed by atoms with Gasteiger partial charge in [0.2, 0.25) is 5.91 Å². The van der Waals surface area contributed by atoms with E-state index in [1.165, 1.54) is 6.42 Å². The van der Waals surface area contributed by atoms with E-state index in [-0.39, 0.29) is 30.3 Å². The molecule has 0 bridgehead atoms. The summed E-state index contributed by atoms with van der Waals surface area (Å²) in [5, 5.41) is 3.36. The molecule has 22 heavy (non-hydrogen) atoms. The van der Waals surface area contributed by atoms with Gasteiger partial charge in [-0.3, -0.25) is 9.59 Å². The second-order valence-electron chi connectivity index (χ2n) is 6.21. The number of hydrogen-bond acceptors (Lipinski definition) is 4. The molecule has 1 N–H and O–H groups in total. The summed E-state index contributed by atoms with van der Waals surface area (Å²) < 4.78 is 5.45. The third kappa shape index (κ3) is 4.12. The van der Waals surface area contributed by atoms with Crippen molar-refractivity contribution >= 4 is 24.2 Å². The summed E-state index contributed by atoms with van der Waals surface area (Å²) in [7, 11) is 0. The van der Waals surface area contributed by atoms with Crippen LogP contribution in [-0.4, -0.2) is 73.1 Å². The molecule has 2 amide bonds. The minimum atomic E-state index is -0.241. The van der Waals surface area contributed by atoms with Gasteiger partial charge in [-0.05, 0) is 32.2 Å². The van der Waals surface area contributed by atoms with Crippen LogP contribution in [0.4, 0.5) is 0 Å². The quantitative estimate of drug-likeness (QED) is 0.813. The van der Waals surface area contributed by atoms with E-state index in [1.54, 1.807) is 0 Å². The summed E-state index contributed by atoms with van der Waals surface area (Å²) in [6.45, 7) is 4.32. The van der Waals surface area contributed by atoms with Gasteiger partial charge in [-0.1, -0.05) is 0 Å². The minimum Gasteiger partial charge on any atom is -0.368 e. The number of rotatable bonds is 3. The van der Waals surface area contributed by atoms with E-state index in [4.69, 9.17) is 4.74 Å². The van der Waals surface area contributed by atoms with Crippen LogP contribution >= 0.6 is 12.4 Å². The van der Waals surface area contributed by atoms with Crippen LogP contribution in [0.15, 0.2) is 0 Å². The number of ether oxygens (including phenoxy) is 1. The van der Waals surface area contributed by atoms with E-state index in [0.29, 0.717) is 45.2 Å². The van der Waals surface area contributed by atoms with Gasteiger partial charge in [0.05, 0.1) is 0 Å². The van der Waals surface area contributed by atoms with Crippen LogP contribution in [0.3, 0.4) is 0 Å². The molecule has 0 aromatic heterocycles. The summed E-state index contributed by atoms with van der Waals surface area (Å²) in [6.07, 6.45) is 4.44. The monoisotopic (exact) mass is 331 g/mol. The molecule has 0 radical (unpaired) electrons. The molecule has 3 aliphatic heterocycles. The lowest BCUT2D eigenvalue weighted by atomic mass is 10.1. The van der Waals surface area contributed by atoms with Crippen molar-refractivity contribution in [3.63, 3.8) is 0 Å². The zero-order chi connectivity index (χ0) is 14.7. The largest absolute Gasteiger partial charge is 0.368 e. The van der Waals surface area contributed by atoms with Crippen molar-refractivity contribution in [3.05, 3.63) is 0 Å². The fraction of sp³-hybridized carbons (Fsp3) is 0.867. The summed E-state index contributed by atoms with van der Waals surface area (Å²) in [5.41, 5.74) is 0. The fourth-order valence-corrected chi connectivity index (χ4v) is 3.42. The SMILES string of the molecule is Cl.O=C(CC1CCCN1)N1CCN(C(=O)C2CCCO2)CC1. The molecule has 2 unspecified atom stereocenters. The predicted octanol–water partition coefficient (Wildman–Crippen LogP) is 0.400. The summed E-state index contributed by atoms with van der Waals surface area (Å²) >= 11 is 0. The van der Waals surface area contributed by atoms with Gasteiger partial charge in [-0.2, -0.15) is 0 Å². The maximum absolute atomic E-state index is 12.2. The van der Waals surface area contributed by atoms with Gasteiger partial charge in [0, 0.05) is 45.2 Å². The molecule has 0 saturated carbocycles. The van der Waals surface area contributed by atoms with Gasteiger partial charge in [0.15, 0.2) is 0 Å². The Morgan fingerprint density at radius 3 is 2.36 bits per heavy atom. The Morgan fingerprint density at radius 1 is 1.05 bits per heavy atom. The molecule has 0 aromatic carbocycles. The molecule has 0 aliphatic carbocycles. The van der Waals surface area contributed by atoms with Crippen molar-refractivity contribution in [3.8, 4) is 0 Å². The van der Waals surface area contributed by atoms with Crippen molar-refractivity contribution in [2.24, 2.45) is 0 Å². The molecular weight excluding hydrogens is 306 g/mol. The number of piperazine rings is 1. The molecule has 6 nitrogen and oxygen atoms in total. The lowest BCUT2D eigenvalue weighted by Gasteiger charge is -2.36. The Kier molecular flexibility index (Phi) is 6.47. The summed E-state index contributed by atoms with van der Waals surface area (Å²) in [4.78, 5) is 28.2. The number of carbonyl (C=O) groups is 2. The summed E-state index contributed by atoms with van der Waals surface area (Å²) in [5.74, 6) is 0.329. The summed E-state index contributed by atoms with van der Waals surface area (Å²) in [6, 6.07) is 0.351. The van der Waals surface area contributed by atoms with Gasteiger partial charge in [0.25, 0.3) is 5.91 Å². The Morgan fingerprint density at radius 2 is 1.77 bits per heavy atom. The first-order chi connectivity index (χ1) is 10.2. The second-order valence-corrected chi connectivity index (χ2v) is 6.21. The molecule has 3 rings (SSSR count). The van der Waals surface area contributed by atoms with Crippen molar-refractivity contribution in [2.45, 2.75) is 44.2 Å². The minimum absolute atomic E-state index is 0. The van der Waals surface area contributed by atoms with E-state index >= 15 is 0 Å². The highest BCUT2D eigenvalue weighted by molar-refractivity contribution is 5.85. The maximum atomic E-state index is 12.2. The normalized spacial score (nSPS) is 28.5. The van der Waals surface area contributed by atoms with Crippen molar-refractivity contribution in [1.82, 2.24) is 15.1 Å². The highest BCUT2D eigenvalue weighted by Gasteiger charge is 2.31. The third-order valence-electron chi connectivity index (χ3n) is 4.73. The standard InChI is InChI=1S/C15H25N3O3.ClH/c19-14(11-12-3-1-5-16-12)17-6-8-18(9-7-17)15(20)13-4-2-10-21-13;/h12-13,16H,1-11H2;1H. The third-order valence-corrected chi connectivity index (χ3v) is 4.73. The average Bonchev–Trinajstić information content (AvgIpc) is 3.20. The maximum Gasteiger partial charge on any atom is 0.251 e. The number of nitrogens with one attached hydrogen (secondary N) is 1. The van der Waals surface area contributed by atoms with Crippen molar-refractivity contribution in [1.29, 1.82) is 0 Å². The van der Waals surface area contributed by atoms with Crippen molar-refractivity contribution < 1.29 is 14.3 Å². The second kappa shape index (κ2) is 8.13. The first-order valence-electron chi connectivity index (χ1n) is 8.15. The number of halogens is 1. The van der Waals surface area contributed by atoms with Gasteiger partial charge < -0.3 is 19.9 Å². The first-order valence-corrected chi connectivity index (χ1v) is 8.15. The van der Waals surface area contributed by atoms with Gasteiger partial charge in [-0.25, -0.2) is 0 Å². The Balaban J connectivity index is 0.00000176. The Labute approximate surface area is 137 Å². The van der Waals surface area contributed by atoms with E-state index in [0.717, 1.165) is 25.8 Å². The van der Waals surface area contributed by atoms with Crippen LogP contribution in [0.1, 0.15) is 32.1 Å². The van der Waals surface area contributed by atoms with Crippen molar-refractivity contribution in [2.75, 3.05) is 39.3 Å². The molecule has 126 valence electrons. The molecule has 3 heterocycles. The number of amides is 2. The van der Waals surface area contributed by atoms with Crippen LogP contribution in [0.5, 0.6) is 0 Å². The molecular formula is C15H26ClN3O3. The number of carbonyl (C=O) groups excluding carboxylic acids is 2. The highest BCUT2D eigenvalue weighted by atomic mass is 35.5. The lowest BCUT2D eigenvalue weighted by molar-refractivity contribution is -0.146. The van der Waals surface area contributed by atoms with Crippen LogP contribution in [0.25, 0.3) is 0 Å². The van der Waals surface area contributed by atoms with E-state index in [9.17, 15) is 9.59 Å². The zero-order valence-electron chi connectivity index (χ0n) is 13.0. The zero-order valence-corrected chi connectivity index (χ0v) is 13.8. The molecule has 7 heteroatoms. The molecule has 3 fully saturated rings. The predicted molar refractivity (Wildman–Crippen MR) is 85.0 cm³/mol. The number of nitrogens with zero attached hydrogens (tertiary/aromatic N) is 2. The number of hydrogen-bond donors (Lipinski definition) is 1. The first kappa shape index (κ1) is 17.5. The average molecular weight is 332 g/mol. The van der Waals surface area contributed by atoms with Gasteiger partial charge in [-0.15, -0.1) is 12.4 Å². The smallest absolute Gasteiger partial charge is 0.251 e. The fourth-order valence-electron chi connectivity index (χ4n) is 3.42. The Bertz CT molecular complexity index is 387. The van der Waals surface area contributed by atoms with Crippen LogP contribution in [0.2, 0.25) is 0 Å².